The van der Waals surface area contributed by atoms with E-state index in [0.717, 1.165) is 87.6 Å². The Hall–Kier alpha value is -6.46. The molecular formula is C48H24Cl2N8Sn. The Morgan fingerprint density at radius 2 is 0.356 bits per heavy atom. The van der Waals surface area contributed by atoms with Crippen LogP contribution in [0.3, 0.4) is 0 Å². The van der Waals surface area contributed by atoms with Gasteiger partial charge >= 0.3 is 36.7 Å². The van der Waals surface area contributed by atoms with Crippen LogP contribution < -0.4 is 0 Å². The maximum Gasteiger partial charge on any atom is 0.164 e. The van der Waals surface area contributed by atoms with Crippen LogP contribution in [-0.4, -0.2) is 65.6 Å². The Labute approximate surface area is 354 Å². The van der Waals surface area contributed by atoms with Crippen molar-refractivity contribution in [1.82, 2.24) is 0 Å². The Morgan fingerprint density at radius 1 is 0.237 bits per heavy atom. The second kappa shape index (κ2) is 13.6. The van der Waals surface area contributed by atoms with Crippen LogP contribution in [0.5, 0.6) is 0 Å². The van der Waals surface area contributed by atoms with Crippen molar-refractivity contribution in [2.45, 2.75) is 0 Å². The summed E-state index contributed by atoms with van der Waals surface area (Å²) in [6, 6.07) is 50.4. The number of amidine groups is 8. The molecule has 0 unspecified atom stereocenters. The number of nitrogens with zero attached hydrogens (tertiary/aromatic N) is 8. The Balaban J connectivity index is 0.00000122. The third kappa shape index (κ3) is 5.66. The predicted molar refractivity (Wildman–Crippen MR) is 246 cm³/mol. The number of benzene rings is 8. The number of hydrogen-bond acceptors (Lipinski definition) is 8. The van der Waals surface area contributed by atoms with E-state index in [2.05, 4.69) is 97.1 Å². The molecule has 0 atom stereocenters. The maximum atomic E-state index is 5.24. The molecule has 0 N–H and O–H groups in total. The molecule has 8 bridgehead atoms. The molecule has 8 aromatic carbocycles. The number of rotatable bonds is 0. The Morgan fingerprint density at radius 3 is 0.475 bits per heavy atom. The molecule has 0 aromatic heterocycles. The van der Waals surface area contributed by atoms with Gasteiger partial charge in [0.15, 0.2) is 46.7 Å². The summed E-state index contributed by atoms with van der Waals surface area (Å²) in [7, 11) is 9.87. The molecule has 0 amide bonds. The topological polar surface area (TPSA) is 98.9 Å². The van der Waals surface area contributed by atoms with Crippen molar-refractivity contribution in [3.63, 3.8) is 0 Å². The number of fused-ring (bicyclic) bond motifs is 20. The fraction of sp³-hybridized carbons (Fsp3) is 0. The third-order valence-corrected chi connectivity index (χ3v) is 11.2. The van der Waals surface area contributed by atoms with Gasteiger partial charge in [-0.25, -0.2) is 39.9 Å². The summed E-state index contributed by atoms with van der Waals surface area (Å²) < 4.78 is 0. The molecular weight excluding hydrogens is 878 g/mol. The molecule has 0 saturated carbocycles. The van der Waals surface area contributed by atoms with Crippen LogP contribution in [0.25, 0.3) is 43.1 Å². The molecule has 8 aromatic rings. The quantitative estimate of drug-likeness (QED) is 0.136. The average molecular weight is 902 g/mol. The Bertz CT molecular complexity index is 3030. The molecule has 0 saturated heterocycles. The van der Waals surface area contributed by atoms with Crippen molar-refractivity contribution in [2.75, 3.05) is 0 Å². The van der Waals surface area contributed by atoms with Gasteiger partial charge in [-0.3, -0.25) is 0 Å². The van der Waals surface area contributed by atoms with Gasteiger partial charge in [-0.2, -0.15) is 0 Å². The van der Waals surface area contributed by atoms with Gasteiger partial charge in [-0.05, 0) is 91.6 Å². The van der Waals surface area contributed by atoms with Gasteiger partial charge in [0.05, 0.1) is 0 Å². The monoisotopic (exact) mass is 902 g/mol. The first-order valence-corrected chi connectivity index (χ1v) is 26.1. The molecule has 0 fully saturated rings. The standard InChI is InChI=1S/C48H24N8.2ClH.Sn/c1-2-10-26-18-34-33(17-25(26)9-1)41-49-42(34)54-44-37-21-29-13-5-6-14-30(29)22-38(37)46(51-44)56-48-40-24-32-16-8-7-15-31(32)23-39(40)47(52-48)55-45-36-20-28-12-4-3-11-27(28)19-35(36)43(50-45)53-41;;;/h1-24H;2*1H;/q;;;+2/p-2. The largest absolute Gasteiger partial charge is 0.208 e. The van der Waals surface area contributed by atoms with Crippen LogP contribution in [0.1, 0.15) is 44.5 Å². The molecule has 0 aliphatic carbocycles. The van der Waals surface area contributed by atoms with Crippen molar-refractivity contribution < 1.29 is 0 Å². The maximum absolute atomic E-state index is 5.24. The summed E-state index contributed by atoms with van der Waals surface area (Å²) in [6.07, 6.45) is 0. The zero-order valence-corrected chi connectivity index (χ0v) is 35.1. The summed E-state index contributed by atoms with van der Waals surface area (Å²) in [4.78, 5) is 41.6. The van der Waals surface area contributed by atoms with Gasteiger partial charge in [0.25, 0.3) is 0 Å². The molecule has 5 heterocycles. The van der Waals surface area contributed by atoms with E-state index in [-0.39, 0.29) is 0 Å². The van der Waals surface area contributed by atoms with E-state index >= 15 is 0 Å². The van der Waals surface area contributed by atoms with E-state index < -0.39 is 18.9 Å². The van der Waals surface area contributed by atoms with Crippen LogP contribution in [0.2, 0.25) is 0 Å². The van der Waals surface area contributed by atoms with Crippen molar-refractivity contribution >= 4 is 127 Å². The molecule has 2 radical (unpaired) electrons. The van der Waals surface area contributed by atoms with Crippen LogP contribution in [0.4, 0.5) is 0 Å². The van der Waals surface area contributed by atoms with Crippen LogP contribution in [0, 0.1) is 0 Å². The molecule has 13 rings (SSSR count). The zero-order chi connectivity index (χ0) is 39.2. The minimum absolute atomic E-state index is 0.535. The van der Waals surface area contributed by atoms with E-state index in [1.54, 1.807) is 0 Å². The van der Waals surface area contributed by atoms with Crippen molar-refractivity contribution in [3.05, 3.63) is 190 Å². The first kappa shape index (κ1) is 34.6. The predicted octanol–water partition coefficient (Wildman–Crippen LogP) is 10.4. The number of hydrogen-bond donors (Lipinski definition) is 0. The third-order valence-electron chi connectivity index (χ3n) is 11.2. The zero-order valence-electron chi connectivity index (χ0n) is 30.7. The van der Waals surface area contributed by atoms with Crippen LogP contribution >= 0.6 is 17.8 Å². The summed E-state index contributed by atoms with van der Waals surface area (Å²) in [6.45, 7) is 0. The normalized spacial score (nSPS) is 15.5. The molecule has 59 heavy (non-hydrogen) atoms. The van der Waals surface area contributed by atoms with Crippen molar-refractivity contribution in [1.29, 1.82) is 0 Å². The molecule has 5 aliphatic heterocycles. The van der Waals surface area contributed by atoms with Crippen molar-refractivity contribution in [2.24, 2.45) is 39.9 Å². The smallest absolute Gasteiger partial charge is 0.164 e. The van der Waals surface area contributed by atoms with E-state index in [1.165, 1.54) is 0 Å². The van der Waals surface area contributed by atoms with Crippen LogP contribution in [-0.2, 0) is 0 Å². The number of aliphatic imine (C=N–C) groups is 8. The van der Waals surface area contributed by atoms with E-state index in [1.807, 2.05) is 48.5 Å². The fourth-order valence-corrected chi connectivity index (χ4v) is 8.41. The molecule has 11 heteroatoms. The second-order valence-corrected chi connectivity index (χ2v) is 18.8. The SMILES string of the molecule is [Cl][Sn][Cl].c1ccc2cc3c(cc2c1)C1=NC3=NC2=NC(=NC3=NC(=NC4=NC(=N1)c1cc5ccccc5cc14)c1cc4ccccc4cc13)c1cc3ccccc3cc12. The van der Waals surface area contributed by atoms with Gasteiger partial charge < -0.3 is 0 Å². The molecule has 8 nitrogen and oxygen atoms in total. The summed E-state index contributed by atoms with van der Waals surface area (Å²) in [5, 5.41) is 8.70. The van der Waals surface area contributed by atoms with Crippen molar-refractivity contribution in [3.8, 4) is 0 Å². The van der Waals surface area contributed by atoms with Gasteiger partial charge in [-0.15, -0.1) is 0 Å². The number of halogens is 2. The van der Waals surface area contributed by atoms with E-state index in [4.69, 9.17) is 57.8 Å². The van der Waals surface area contributed by atoms with E-state index in [9.17, 15) is 0 Å². The van der Waals surface area contributed by atoms with Gasteiger partial charge in [-0.1, -0.05) is 97.1 Å². The van der Waals surface area contributed by atoms with Gasteiger partial charge in [0.1, 0.15) is 0 Å². The minimum atomic E-state index is -0.826. The summed E-state index contributed by atoms with van der Waals surface area (Å²) in [5.41, 5.74) is 7.06. The molecule has 274 valence electrons. The summed E-state index contributed by atoms with van der Waals surface area (Å²) >= 11 is -0.826. The first-order chi connectivity index (χ1) is 29.1. The second-order valence-electron chi connectivity index (χ2n) is 14.5. The fourth-order valence-electron chi connectivity index (χ4n) is 8.41. The minimum Gasteiger partial charge on any atom is -0.208 e. The molecule has 5 aliphatic rings. The average Bonchev–Trinajstić information content (AvgIpc) is 3.98. The van der Waals surface area contributed by atoms with Crippen LogP contribution in [0.15, 0.2) is 186 Å². The van der Waals surface area contributed by atoms with E-state index in [0.29, 0.717) is 46.7 Å². The first-order valence-electron chi connectivity index (χ1n) is 18.9. The van der Waals surface area contributed by atoms with Gasteiger partial charge in [0, 0.05) is 44.5 Å². The Kier molecular flexibility index (Phi) is 7.94. The molecule has 0 spiro atoms. The summed E-state index contributed by atoms with van der Waals surface area (Å²) in [5.74, 6) is 4.28. The van der Waals surface area contributed by atoms with Gasteiger partial charge in [0.2, 0.25) is 0 Å².